The predicted molar refractivity (Wildman–Crippen MR) is 105 cm³/mol. The van der Waals surface area contributed by atoms with E-state index in [4.69, 9.17) is 9.47 Å². The standard InChI is InChI=1S/C23H38O4/c1-15(16-11-12-17-18(24)10-8-13-22(16,17)5)9-7-14-23(6)19(25)26-20(27-23)21(2,3)4/h15-17,20H,7-14H2,1-6H3/t15-,16?,17+,20-,22-,23-/m1/s1. The van der Waals surface area contributed by atoms with Crippen LogP contribution in [0.2, 0.25) is 0 Å². The Hall–Kier alpha value is -0.900. The summed E-state index contributed by atoms with van der Waals surface area (Å²) in [6, 6.07) is 0. The highest BCUT2D eigenvalue weighted by Crippen LogP contribution is 2.57. The van der Waals surface area contributed by atoms with Gasteiger partial charge in [-0.15, -0.1) is 0 Å². The van der Waals surface area contributed by atoms with E-state index < -0.39 is 11.9 Å². The van der Waals surface area contributed by atoms with Crippen molar-refractivity contribution in [2.75, 3.05) is 0 Å². The second-order valence-electron chi connectivity index (χ2n) is 10.9. The van der Waals surface area contributed by atoms with Gasteiger partial charge in [0.2, 0.25) is 6.29 Å². The quantitative estimate of drug-likeness (QED) is 0.611. The molecule has 0 bridgehead atoms. The summed E-state index contributed by atoms with van der Waals surface area (Å²) in [5, 5.41) is 0. The predicted octanol–water partition coefficient (Wildman–Crippen LogP) is 5.28. The molecule has 3 fully saturated rings. The normalized spacial score (nSPS) is 40.7. The summed E-state index contributed by atoms with van der Waals surface area (Å²) in [7, 11) is 0. The lowest BCUT2D eigenvalue weighted by Crippen LogP contribution is -2.39. The van der Waals surface area contributed by atoms with Gasteiger partial charge in [0, 0.05) is 17.8 Å². The number of cyclic esters (lactones) is 1. The monoisotopic (exact) mass is 378 g/mol. The second kappa shape index (κ2) is 7.17. The molecule has 0 aromatic rings. The third kappa shape index (κ3) is 3.83. The molecule has 154 valence electrons. The molecule has 2 saturated carbocycles. The Kier molecular flexibility index (Phi) is 5.53. The van der Waals surface area contributed by atoms with Crippen LogP contribution in [-0.2, 0) is 19.1 Å². The van der Waals surface area contributed by atoms with Gasteiger partial charge >= 0.3 is 5.97 Å². The minimum absolute atomic E-state index is 0.193. The van der Waals surface area contributed by atoms with Crippen molar-refractivity contribution in [2.24, 2.45) is 28.6 Å². The first kappa shape index (κ1) is 20.8. The first-order valence-corrected chi connectivity index (χ1v) is 10.9. The zero-order chi connectivity index (χ0) is 20.0. The van der Waals surface area contributed by atoms with Gasteiger partial charge in [0.1, 0.15) is 5.78 Å². The molecule has 0 spiro atoms. The topological polar surface area (TPSA) is 52.6 Å². The van der Waals surface area contributed by atoms with Crippen LogP contribution < -0.4 is 0 Å². The van der Waals surface area contributed by atoms with Crippen molar-refractivity contribution in [3.63, 3.8) is 0 Å². The maximum atomic E-state index is 12.4. The lowest BCUT2D eigenvalue weighted by molar-refractivity contribution is -0.155. The molecule has 3 aliphatic rings. The number of carbonyl (C=O) groups excluding carboxylic acids is 2. The van der Waals surface area contributed by atoms with Gasteiger partial charge in [-0.1, -0.05) is 41.0 Å². The van der Waals surface area contributed by atoms with Gasteiger partial charge in [-0.25, -0.2) is 4.79 Å². The number of hydrogen-bond acceptors (Lipinski definition) is 4. The van der Waals surface area contributed by atoms with E-state index in [1.165, 1.54) is 12.8 Å². The Morgan fingerprint density at radius 1 is 1.19 bits per heavy atom. The highest BCUT2D eigenvalue weighted by atomic mass is 16.8. The molecule has 4 nitrogen and oxygen atoms in total. The maximum Gasteiger partial charge on any atom is 0.340 e. The molecule has 0 N–H and O–H groups in total. The van der Waals surface area contributed by atoms with Gasteiger partial charge in [-0.3, -0.25) is 4.79 Å². The summed E-state index contributed by atoms with van der Waals surface area (Å²) >= 11 is 0. The third-order valence-corrected chi connectivity index (χ3v) is 7.66. The summed E-state index contributed by atoms with van der Waals surface area (Å²) in [5.41, 5.74) is -0.832. The van der Waals surface area contributed by atoms with Crippen LogP contribution in [0.1, 0.15) is 92.9 Å². The number of carbonyl (C=O) groups is 2. The summed E-state index contributed by atoms with van der Waals surface area (Å²) < 4.78 is 11.5. The highest BCUT2D eigenvalue weighted by molar-refractivity contribution is 5.83. The van der Waals surface area contributed by atoms with Crippen molar-refractivity contribution < 1.29 is 19.1 Å². The van der Waals surface area contributed by atoms with E-state index in [2.05, 4.69) is 13.8 Å². The molecule has 0 amide bonds. The van der Waals surface area contributed by atoms with Gasteiger partial charge in [-0.2, -0.15) is 0 Å². The maximum absolute atomic E-state index is 12.4. The third-order valence-electron chi connectivity index (χ3n) is 7.66. The lowest BCUT2D eigenvalue weighted by atomic mass is 9.62. The largest absolute Gasteiger partial charge is 0.433 e. The van der Waals surface area contributed by atoms with Crippen LogP contribution in [0.4, 0.5) is 0 Å². The molecule has 0 aromatic heterocycles. The molecular formula is C23H38O4. The van der Waals surface area contributed by atoms with Crippen molar-refractivity contribution in [3.8, 4) is 0 Å². The fourth-order valence-electron chi connectivity index (χ4n) is 5.91. The summed E-state index contributed by atoms with van der Waals surface area (Å²) in [4.78, 5) is 24.7. The van der Waals surface area contributed by atoms with Gasteiger partial charge in [0.15, 0.2) is 5.60 Å². The van der Waals surface area contributed by atoms with Crippen molar-refractivity contribution in [1.29, 1.82) is 0 Å². The number of Topliss-reactive ketones (excluding diaryl/α,β-unsaturated/α-hetero) is 1. The van der Waals surface area contributed by atoms with Gasteiger partial charge in [0.05, 0.1) is 0 Å². The van der Waals surface area contributed by atoms with E-state index >= 15 is 0 Å². The number of ether oxygens (including phenoxy) is 2. The number of esters is 1. The van der Waals surface area contributed by atoms with Crippen LogP contribution in [0.5, 0.6) is 0 Å². The molecule has 1 unspecified atom stereocenters. The Morgan fingerprint density at radius 3 is 2.52 bits per heavy atom. The van der Waals surface area contributed by atoms with Crippen molar-refractivity contribution in [3.05, 3.63) is 0 Å². The van der Waals surface area contributed by atoms with E-state index in [1.807, 2.05) is 27.7 Å². The molecule has 1 heterocycles. The highest BCUT2D eigenvalue weighted by Gasteiger charge is 2.53. The minimum atomic E-state index is -0.819. The SMILES string of the molecule is C[C@H](CCC[C@@]1(C)O[C@H](C(C)(C)C)OC1=O)C1CC[C@H]2C(=O)CCC[C@]12C. The Morgan fingerprint density at radius 2 is 1.89 bits per heavy atom. The van der Waals surface area contributed by atoms with E-state index in [-0.39, 0.29) is 22.7 Å². The lowest BCUT2D eigenvalue weighted by Gasteiger charge is -2.42. The van der Waals surface area contributed by atoms with Gasteiger partial charge in [0.25, 0.3) is 0 Å². The molecule has 3 rings (SSSR count). The van der Waals surface area contributed by atoms with Crippen LogP contribution in [0.15, 0.2) is 0 Å². The molecule has 1 aliphatic heterocycles. The van der Waals surface area contributed by atoms with Crippen molar-refractivity contribution >= 4 is 11.8 Å². The molecule has 27 heavy (non-hydrogen) atoms. The van der Waals surface area contributed by atoms with E-state index in [0.717, 1.165) is 32.1 Å². The average Bonchev–Trinajstić information content (AvgIpc) is 3.06. The smallest absolute Gasteiger partial charge is 0.340 e. The number of fused-ring (bicyclic) bond motifs is 1. The minimum Gasteiger partial charge on any atom is -0.433 e. The number of hydrogen-bond donors (Lipinski definition) is 0. The summed E-state index contributed by atoms with van der Waals surface area (Å²) in [6.45, 7) is 12.7. The molecule has 6 atom stereocenters. The second-order valence-corrected chi connectivity index (χ2v) is 10.9. The Bertz CT molecular complexity index is 592. The molecular weight excluding hydrogens is 340 g/mol. The fourth-order valence-corrected chi connectivity index (χ4v) is 5.91. The van der Waals surface area contributed by atoms with E-state index in [0.29, 0.717) is 24.0 Å². The van der Waals surface area contributed by atoms with Crippen LogP contribution in [-0.4, -0.2) is 23.6 Å². The van der Waals surface area contributed by atoms with Crippen LogP contribution in [0.3, 0.4) is 0 Å². The zero-order valence-electron chi connectivity index (χ0n) is 18.1. The Balaban J connectivity index is 1.55. The van der Waals surface area contributed by atoms with E-state index in [1.54, 1.807) is 0 Å². The number of ketones is 1. The molecule has 0 aromatic carbocycles. The fraction of sp³-hybridized carbons (Fsp3) is 0.913. The number of rotatable bonds is 5. The molecule has 0 radical (unpaired) electrons. The van der Waals surface area contributed by atoms with Gasteiger partial charge < -0.3 is 9.47 Å². The molecule has 2 aliphatic carbocycles. The van der Waals surface area contributed by atoms with Crippen LogP contribution >= 0.6 is 0 Å². The van der Waals surface area contributed by atoms with Crippen LogP contribution in [0, 0.1) is 28.6 Å². The molecule has 4 heteroatoms. The van der Waals surface area contributed by atoms with E-state index in [9.17, 15) is 9.59 Å². The summed E-state index contributed by atoms with van der Waals surface area (Å²) in [5.74, 6) is 1.77. The molecule has 1 saturated heterocycles. The first-order valence-electron chi connectivity index (χ1n) is 10.9. The van der Waals surface area contributed by atoms with Crippen molar-refractivity contribution in [2.45, 2.75) is 105 Å². The zero-order valence-corrected chi connectivity index (χ0v) is 18.1. The van der Waals surface area contributed by atoms with Gasteiger partial charge in [-0.05, 0) is 62.7 Å². The summed E-state index contributed by atoms with van der Waals surface area (Å²) in [6.07, 6.45) is 7.56. The average molecular weight is 379 g/mol. The van der Waals surface area contributed by atoms with Crippen LogP contribution in [0.25, 0.3) is 0 Å². The van der Waals surface area contributed by atoms with Crippen molar-refractivity contribution in [1.82, 2.24) is 0 Å². The first-order chi connectivity index (χ1) is 12.5. The Labute approximate surface area is 164 Å².